The van der Waals surface area contributed by atoms with Gasteiger partial charge in [0.1, 0.15) is 0 Å². The summed E-state index contributed by atoms with van der Waals surface area (Å²) in [7, 11) is 3.98. The van der Waals surface area contributed by atoms with Crippen LogP contribution in [0.5, 0.6) is 0 Å². The average Bonchev–Trinajstić information content (AvgIpc) is 2.56. The number of ether oxygens (including phenoxy) is 1. The first-order valence-corrected chi connectivity index (χ1v) is 7.46. The van der Waals surface area contributed by atoms with Crippen molar-refractivity contribution in [3.8, 4) is 0 Å². The maximum Gasteiger partial charge on any atom is 0.232 e. The van der Waals surface area contributed by atoms with Crippen molar-refractivity contribution in [1.82, 2.24) is 19.9 Å². The van der Waals surface area contributed by atoms with E-state index >= 15 is 0 Å². The van der Waals surface area contributed by atoms with E-state index in [4.69, 9.17) is 4.74 Å². The molecule has 0 aliphatic carbocycles. The van der Waals surface area contributed by atoms with Crippen LogP contribution in [0.3, 0.4) is 0 Å². The molecule has 0 radical (unpaired) electrons. The average molecular weight is 293 g/mol. The Balaban J connectivity index is 1.82. The van der Waals surface area contributed by atoms with Gasteiger partial charge in [0.05, 0.1) is 13.2 Å². The quantitative estimate of drug-likeness (QED) is 0.800. The summed E-state index contributed by atoms with van der Waals surface area (Å²) in [5, 5.41) is 3.04. The lowest BCUT2D eigenvalue weighted by Gasteiger charge is -2.33. The zero-order valence-electron chi connectivity index (χ0n) is 12.7. The van der Waals surface area contributed by atoms with Crippen molar-refractivity contribution in [1.29, 1.82) is 0 Å². The van der Waals surface area contributed by atoms with Gasteiger partial charge in [0, 0.05) is 46.3 Å². The first kappa shape index (κ1) is 14.3. The molecule has 21 heavy (non-hydrogen) atoms. The number of likely N-dealkylation sites (N-methyl/N-ethyl adjacent to an activating group) is 1. The minimum absolute atomic E-state index is 0.625. The number of anilines is 3. The Morgan fingerprint density at radius 2 is 1.43 bits per heavy atom. The highest BCUT2D eigenvalue weighted by atomic mass is 16.5. The number of aromatic nitrogens is 3. The summed E-state index contributed by atoms with van der Waals surface area (Å²) in [5.41, 5.74) is 0. The predicted molar refractivity (Wildman–Crippen MR) is 82.1 cm³/mol. The molecule has 0 bridgehead atoms. The Kier molecular flexibility index (Phi) is 4.35. The van der Waals surface area contributed by atoms with Gasteiger partial charge < -0.3 is 24.8 Å². The maximum atomic E-state index is 5.39. The van der Waals surface area contributed by atoms with E-state index in [1.165, 1.54) is 0 Å². The Labute approximate surface area is 125 Å². The van der Waals surface area contributed by atoms with Crippen molar-refractivity contribution in [3.63, 3.8) is 0 Å². The molecule has 1 aromatic heterocycles. The number of rotatable bonds is 3. The lowest BCUT2D eigenvalue weighted by Crippen LogP contribution is -2.45. The maximum absolute atomic E-state index is 5.39. The Morgan fingerprint density at radius 3 is 2.00 bits per heavy atom. The molecule has 1 aromatic rings. The number of hydrogen-bond donors (Lipinski definition) is 1. The van der Waals surface area contributed by atoms with Crippen LogP contribution in [0.4, 0.5) is 17.8 Å². The van der Waals surface area contributed by atoms with Gasteiger partial charge in [-0.3, -0.25) is 0 Å². The standard InChI is InChI=1S/C13H23N7O/c1-14-11-15-12(19-5-3-18(2)4-6-19)17-13(16-11)20-7-9-21-10-8-20/h3-10H2,1-2H3,(H,14,15,16,17). The lowest BCUT2D eigenvalue weighted by atomic mass is 10.3. The number of nitrogens with one attached hydrogen (secondary N) is 1. The fourth-order valence-electron chi connectivity index (χ4n) is 2.52. The van der Waals surface area contributed by atoms with E-state index in [1.807, 2.05) is 7.05 Å². The van der Waals surface area contributed by atoms with Gasteiger partial charge >= 0.3 is 0 Å². The van der Waals surface area contributed by atoms with Gasteiger partial charge in [-0.15, -0.1) is 0 Å². The second-order valence-corrected chi connectivity index (χ2v) is 5.40. The largest absolute Gasteiger partial charge is 0.378 e. The smallest absolute Gasteiger partial charge is 0.232 e. The van der Waals surface area contributed by atoms with Crippen LogP contribution in [-0.4, -0.2) is 86.4 Å². The van der Waals surface area contributed by atoms with Gasteiger partial charge in [0.15, 0.2) is 0 Å². The first-order chi connectivity index (χ1) is 10.3. The van der Waals surface area contributed by atoms with Crippen molar-refractivity contribution >= 4 is 17.8 Å². The van der Waals surface area contributed by atoms with Gasteiger partial charge in [0.25, 0.3) is 0 Å². The molecule has 3 heterocycles. The molecule has 2 fully saturated rings. The molecular weight excluding hydrogens is 270 g/mol. The van der Waals surface area contributed by atoms with E-state index in [9.17, 15) is 0 Å². The summed E-state index contributed by atoms with van der Waals surface area (Å²) in [6.07, 6.45) is 0. The second kappa shape index (κ2) is 6.40. The van der Waals surface area contributed by atoms with Gasteiger partial charge in [-0.2, -0.15) is 15.0 Å². The Bertz CT molecular complexity index is 470. The minimum atomic E-state index is 0.625. The highest BCUT2D eigenvalue weighted by molar-refractivity contribution is 5.45. The molecule has 2 saturated heterocycles. The fourth-order valence-corrected chi connectivity index (χ4v) is 2.52. The molecule has 8 heteroatoms. The summed E-state index contributed by atoms with van der Waals surface area (Å²) >= 11 is 0. The van der Waals surface area contributed by atoms with Gasteiger partial charge in [-0.1, -0.05) is 0 Å². The van der Waals surface area contributed by atoms with Crippen LogP contribution in [0.1, 0.15) is 0 Å². The van der Waals surface area contributed by atoms with Gasteiger partial charge in [0.2, 0.25) is 17.8 Å². The van der Waals surface area contributed by atoms with Crippen LogP contribution in [0.15, 0.2) is 0 Å². The monoisotopic (exact) mass is 293 g/mol. The van der Waals surface area contributed by atoms with Crippen LogP contribution in [0.25, 0.3) is 0 Å². The van der Waals surface area contributed by atoms with Crippen molar-refractivity contribution in [2.45, 2.75) is 0 Å². The van der Waals surface area contributed by atoms with E-state index in [-0.39, 0.29) is 0 Å². The highest BCUT2D eigenvalue weighted by Gasteiger charge is 2.21. The molecule has 0 unspecified atom stereocenters. The molecule has 0 spiro atoms. The van der Waals surface area contributed by atoms with Crippen molar-refractivity contribution < 1.29 is 4.74 Å². The molecule has 8 nitrogen and oxygen atoms in total. The highest BCUT2D eigenvalue weighted by Crippen LogP contribution is 2.18. The van der Waals surface area contributed by atoms with E-state index in [1.54, 1.807) is 0 Å². The first-order valence-electron chi connectivity index (χ1n) is 7.46. The third-order valence-corrected chi connectivity index (χ3v) is 3.92. The number of morpholine rings is 1. The van der Waals surface area contributed by atoms with E-state index in [2.05, 4.69) is 42.0 Å². The topological polar surface area (TPSA) is 69.7 Å². The summed E-state index contributed by atoms with van der Waals surface area (Å²) < 4.78 is 5.39. The van der Waals surface area contributed by atoms with E-state index in [0.29, 0.717) is 5.95 Å². The molecular formula is C13H23N7O. The SMILES string of the molecule is CNc1nc(N2CCOCC2)nc(N2CCN(C)CC2)n1. The predicted octanol–water partition coefficient (Wildman–Crippen LogP) is -0.498. The van der Waals surface area contributed by atoms with E-state index in [0.717, 1.165) is 64.4 Å². The normalized spacial score (nSPS) is 20.7. The van der Waals surface area contributed by atoms with Crippen LogP contribution in [0.2, 0.25) is 0 Å². The molecule has 0 atom stereocenters. The third-order valence-electron chi connectivity index (χ3n) is 3.92. The molecule has 0 saturated carbocycles. The lowest BCUT2D eigenvalue weighted by molar-refractivity contribution is 0.122. The molecule has 116 valence electrons. The summed E-state index contributed by atoms with van der Waals surface area (Å²) in [6.45, 7) is 7.08. The molecule has 2 aliphatic rings. The molecule has 1 N–H and O–H groups in total. The van der Waals surface area contributed by atoms with Crippen molar-refractivity contribution in [3.05, 3.63) is 0 Å². The zero-order valence-corrected chi connectivity index (χ0v) is 12.7. The Morgan fingerprint density at radius 1 is 0.857 bits per heavy atom. The van der Waals surface area contributed by atoms with Gasteiger partial charge in [-0.05, 0) is 7.05 Å². The van der Waals surface area contributed by atoms with Crippen LogP contribution < -0.4 is 15.1 Å². The second-order valence-electron chi connectivity index (χ2n) is 5.40. The molecule has 0 amide bonds. The number of hydrogen-bond acceptors (Lipinski definition) is 8. The third kappa shape index (κ3) is 3.33. The number of piperazine rings is 1. The van der Waals surface area contributed by atoms with E-state index < -0.39 is 0 Å². The van der Waals surface area contributed by atoms with Crippen LogP contribution in [0, 0.1) is 0 Å². The summed E-state index contributed by atoms with van der Waals surface area (Å²) in [6, 6.07) is 0. The molecule has 0 aromatic carbocycles. The summed E-state index contributed by atoms with van der Waals surface area (Å²) in [5.74, 6) is 2.14. The van der Waals surface area contributed by atoms with Crippen LogP contribution in [-0.2, 0) is 4.74 Å². The Hall–Kier alpha value is -1.67. The van der Waals surface area contributed by atoms with Crippen molar-refractivity contribution in [2.75, 3.05) is 81.7 Å². The fraction of sp³-hybridized carbons (Fsp3) is 0.769. The van der Waals surface area contributed by atoms with Crippen molar-refractivity contribution in [2.24, 2.45) is 0 Å². The molecule has 3 rings (SSSR count). The zero-order chi connectivity index (χ0) is 14.7. The van der Waals surface area contributed by atoms with Crippen LogP contribution >= 0.6 is 0 Å². The molecule has 2 aliphatic heterocycles. The minimum Gasteiger partial charge on any atom is -0.378 e. The summed E-state index contributed by atoms with van der Waals surface area (Å²) in [4.78, 5) is 20.4. The number of nitrogens with zero attached hydrogens (tertiary/aromatic N) is 6. The van der Waals surface area contributed by atoms with Gasteiger partial charge in [-0.25, -0.2) is 0 Å².